The van der Waals surface area contributed by atoms with Gasteiger partial charge in [0.1, 0.15) is 11.9 Å². The quantitative estimate of drug-likeness (QED) is 0.910. The Bertz CT molecular complexity index is 670. The molecule has 2 aromatic rings. The molecule has 3 N–H and O–H groups in total. The molecule has 1 aliphatic heterocycles. The molecule has 1 heterocycles. The summed E-state index contributed by atoms with van der Waals surface area (Å²) in [5.41, 5.74) is 10.2. The van der Waals surface area contributed by atoms with Gasteiger partial charge in [-0.05, 0) is 43.2 Å². The molecule has 1 atom stereocenters. The zero-order valence-corrected chi connectivity index (χ0v) is 13.1. The van der Waals surface area contributed by atoms with E-state index in [0.29, 0.717) is 13.2 Å². The Morgan fingerprint density at radius 1 is 1.27 bits per heavy atom. The number of aryl methyl sites for hydroxylation is 1. The number of nitrogens with two attached hydrogens (primary N) is 1. The molecule has 4 nitrogen and oxygen atoms in total. The van der Waals surface area contributed by atoms with Crippen molar-refractivity contribution in [1.29, 1.82) is 0 Å². The van der Waals surface area contributed by atoms with Crippen molar-refractivity contribution in [3.8, 4) is 22.6 Å². The second kappa shape index (κ2) is 6.28. The minimum Gasteiger partial charge on any atom is -0.494 e. The van der Waals surface area contributed by atoms with Crippen LogP contribution in [0.4, 0.5) is 5.69 Å². The average molecular weight is 298 g/mol. The summed E-state index contributed by atoms with van der Waals surface area (Å²) in [4.78, 5) is 0. The summed E-state index contributed by atoms with van der Waals surface area (Å²) >= 11 is 0. The van der Waals surface area contributed by atoms with E-state index in [1.54, 1.807) is 0 Å². The van der Waals surface area contributed by atoms with Gasteiger partial charge >= 0.3 is 0 Å². The SMILES string of the molecule is CCOc1ccc(-c2cccc3c2O[C@H](CN)CN3)c(C)c1. The molecular formula is C18H22N2O2. The highest BCUT2D eigenvalue weighted by molar-refractivity contribution is 5.80. The first-order valence-corrected chi connectivity index (χ1v) is 7.70. The van der Waals surface area contributed by atoms with Gasteiger partial charge in [0.05, 0.1) is 18.8 Å². The first-order chi connectivity index (χ1) is 10.7. The van der Waals surface area contributed by atoms with Gasteiger partial charge in [-0.25, -0.2) is 0 Å². The predicted octanol–water partition coefficient (Wildman–Crippen LogP) is 3.19. The van der Waals surface area contributed by atoms with Gasteiger partial charge in [-0.1, -0.05) is 18.2 Å². The number of hydrogen-bond acceptors (Lipinski definition) is 4. The first kappa shape index (κ1) is 14.7. The van der Waals surface area contributed by atoms with Gasteiger partial charge in [-0.15, -0.1) is 0 Å². The van der Waals surface area contributed by atoms with E-state index < -0.39 is 0 Å². The number of anilines is 1. The molecule has 0 saturated carbocycles. The van der Waals surface area contributed by atoms with Gasteiger partial charge in [0.25, 0.3) is 0 Å². The number of rotatable bonds is 4. The minimum absolute atomic E-state index is 0.0108. The van der Waals surface area contributed by atoms with E-state index in [1.807, 2.05) is 25.1 Å². The molecule has 0 bridgehead atoms. The fourth-order valence-electron chi connectivity index (χ4n) is 2.77. The smallest absolute Gasteiger partial charge is 0.150 e. The van der Waals surface area contributed by atoms with Crippen LogP contribution in [-0.4, -0.2) is 25.8 Å². The molecule has 0 saturated heterocycles. The molecule has 3 rings (SSSR count). The van der Waals surface area contributed by atoms with Crippen molar-refractivity contribution >= 4 is 5.69 Å². The van der Waals surface area contributed by atoms with Gasteiger partial charge in [-0.2, -0.15) is 0 Å². The predicted molar refractivity (Wildman–Crippen MR) is 89.7 cm³/mol. The third-order valence-electron chi connectivity index (χ3n) is 3.88. The van der Waals surface area contributed by atoms with E-state index in [2.05, 4.69) is 30.4 Å². The molecular weight excluding hydrogens is 276 g/mol. The van der Waals surface area contributed by atoms with Crippen LogP contribution in [0.2, 0.25) is 0 Å². The zero-order valence-electron chi connectivity index (χ0n) is 13.1. The van der Waals surface area contributed by atoms with Gasteiger partial charge in [0.2, 0.25) is 0 Å². The third kappa shape index (κ3) is 2.74. The van der Waals surface area contributed by atoms with Crippen molar-refractivity contribution in [3.05, 3.63) is 42.0 Å². The van der Waals surface area contributed by atoms with E-state index >= 15 is 0 Å². The van der Waals surface area contributed by atoms with Crippen LogP contribution in [0.5, 0.6) is 11.5 Å². The number of ether oxygens (including phenoxy) is 2. The van der Waals surface area contributed by atoms with E-state index in [0.717, 1.165) is 40.4 Å². The van der Waals surface area contributed by atoms with Crippen LogP contribution in [0.3, 0.4) is 0 Å². The minimum atomic E-state index is 0.0108. The van der Waals surface area contributed by atoms with E-state index in [1.165, 1.54) is 0 Å². The topological polar surface area (TPSA) is 56.5 Å². The van der Waals surface area contributed by atoms with Crippen LogP contribution < -0.4 is 20.5 Å². The number of fused-ring (bicyclic) bond motifs is 1. The Kier molecular flexibility index (Phi) is 4.20. The van der Waals surface area contributed by atoms with Crippen LogP contribution in [0.15, 0.2) is 36.4 Å². The van der Waals surface area contributed by atoms with Gasteiger partial charge < -0.3 is 20.5 Å². The Balaban J connectivity index is 2.02. The number of para-hydroxylation sites is 1. The monoisotopic (exact) mass is 298 g/mol. The third-order valence-corrected chi connectivity index (χ3v) is 3.88. The Labute approximate surface area is 131 Å². The molecule has 116 valence electrons. The van der Waals surface area contributed by atoms with Crippen LogP contribution in [0.1, 0.15) is 12.5 Å². The van der Waals surface area contributed by atoms with Gasteiger partial charge in [0.15, 0.2) is 5.75 Å². The molecule has 0 amide bonds. The molecule has 0 spiro atoms. The van der Waals surface area contributed by atoms with Gasteiger partial charge in [0, 0.05) is 12.1 Å². The summed E-state index contributed by atoms with van der Waals surface area (Å²) in [7, 11) is 0. The summed E-state index contributed by atoms with van der Waals surface area (Å²) in [6.07, 6.45) is 0.0108. The Morgan fingerprint density at radius 2 is 2.14 bits per heavy atom. The second-order valence-electron chi connectivity index (χ2n) is 5.45. The normalized spacial score (nSPS) is 16.4. The summed E-state index contributed by atoms with van der Waals surface area (Å²) in [6, 6.07) is 12.3. The van der Waals surface area contributed by atoms with Crippen LogP contribution >= 0.6 is 0 Å². The molecule has 2 aromatic carbocycles. The van der Waals surface area contributed by atoms with Crippen molar-refractivity contribution in [1.82, 2.24) is 0 Å². The van der Waals surface area contributed by atoms with E-state index in [-0.39, 0.29) is 6.10 Å². The molecule has 0 aromatic heterocycles. The fourth-order valence-corrected chi connectivity index (χ4v) is 2.77. The summed E-state index contributed by atoms with van der Waals surface area (Å²) in [5, 5.41) is 3.40. The Morgan fingerprint density at radius 3 is 2.86 bits per heavy atom. The van der Waals surface area contributed by atoms with Crippen molar-refractivity contribution in [2.75, 3.05) is 25.0 Å². The van der Waals surface area contributed by atoms with E-state index in [9.17, 15) is 0 Å². The first-order valence-electron chi connectivity index (χ1n) is 7.70. The maximum absolute atomic E-state index is 6.08. The molecule has 0 fully saturated rings. The maximum atomic E-state index is 6.08. The molecule has 1 aliphatic rings. The lowest BCUT2D eigenvalue weighted by Crippen LogP contribution is -2.37. The highest BCUT2D eigenvalue weighted by atomic mass is 16.5. The molecule has 22 heavy (non-hydrogen) atoms. The lowest BCUT2D eigenvalue weighted by Gasteiger charge is -2.28. The average Bonchev–Trinajstić information content (AvgIpc) is 2.54. The van der Waals surface area contributed by atoms with Gasteiger partial charge in [-0.3, -0.25) is 0 Å². The maximum Gasteiger partial charge on any atom is 0.150 e. The zero-order chi connectivity index (χ0) is 15.5. The summed E-state index contributed by atoms with van der Waals surface area (Å²) in [6.45, 7) is 6.00. The van der Waals surface area contributed by atoms with Crippen molar-refractivity contribution in [2.24, 2.45) is 5.73 Å². The number of benzene rings is 2. The van der Waals surface area contributed by atoms with Crippen LogP contribution in [0, 0.1) is 6.92 Å². The summed E-state index contributed by atoms with van der Waals surface area (Å²) in [5.74, 6) is 1.78. The fraction of sp³-hybridized carbons (Fsp3) is 0.333. The van der Waals surface area contributed by atoms with Crippen molar-refractivity contribution in [3.63, 3.8) is 0 Å². The number of nitrogens with one attached hydrogen (secondary N) is 1. The Hall–Kier alpha value is -2.20. The van der Waals surface area contributed by atoms with Crippen molar-refractivity contribution in [2.45, 2.75) is 20.0 Å². The molecule has 0 unspecified atom stereocenters. The molecule has 0 radical (unpaired) electrons. The number of hydrogen-bond donors (Lipinski definition) is 2. The molecule has 0 aliphatic carbocycles. The van der Waals surface area contributed by atoms with Crippen LogP contribution in [0.25, 0.3) is 11.1 Å². The lowest BCUT2D eigenvalue weighted by atomic mass is 9.98. The molecule has 4 heteroatoms. The largest absolute Gasteiger partial charge is 0.494 e. The van der Waals surface area contributed by atoms with E-state index in [4.69, 9.17) is 15.2 Å². The lowest BCUT2D eigenvalue weighted by molar-refractivity contribution is 0.215. The highest BCUT2D eigenvalue weighted by Gasteiger charge is 2.22. The van der Waals surface area contributed by atoms with Crippen LogP contribution in [-0.2, 0) is 0 Å². The highest BCUT2D eigenvalue weighted by Crippen LogP contribution is 2.40. The standard InChI is InChI=1S/C18H22N2O2/c1-3-21-13-7-8-15(12(2)9-13)16-5-4-6-17-18(16)22-14(10-19)11-20-17/h4-9,14,20H,3,10-11,19H2,1-2H3/t14-/m1/s1. The van der Waals surface area contributed by atoms with Crippen molar-refractivity contribution < 1.29 is 9.47 Å². The second-order valence-corrected chi connectivity index (χ2v) is 5.45. The summed E-state index contributed by atoms with van der Waals surface area (Å²) < 4.78 is 11.6.